The van der Waals surface area contributed by atoms with Gasteiger partial charge in [-0.25, -0.2) is 0 Å². The molecule has 0 unspecified atom stereocenters. The lowest BCUT2D eigenvalue weighted by Gasteiger charge is -2.27. The van der Waals surface area contributed by atoms with Crippen LogP contribution in [-0.4, -0.2) is 31.6 Å². The summed E-state index contributed by atoms with van der Waals surface area (Å²) in [6.45, 7) is 0. The lowest BCUT2D eigenvalue weighted by atomic mass is 9.74. The Morgan fingerprint density at radius 3 is 2.44 bits per heavy atom. The summed E-state index contributed by atoms with van der Waals surface area (Å²) in [6.07, 6.45) is 0. The molecule has 0 bridgehead atoms. The number of hydrogen-bond donors (Lipinski definition) is 1. The van der Waals surface area contributed by atoms with Crippen molar-refractivity contribution in [3.05, 3.63) is 102 Å². The van der Waals surface area contributed by atoms with E-state index in [1.54, 1.807) is 43.5 Å². The van der Waals surface area contributed by atoms with Gasteiger partial charge in [-0.05, 0) is 41.1 Å². The van der Waals surface area contributed by atoms with Crippen LogP contribution < -0.4 is 14.8 Å². The van der Waals surface area contributed by atoms with Gasteiger partial charge in [-0.3, -0.25) is 9.59 Å². The molecule has 0 radical (unpaired) electrons. The van der Waals surface area contributed by atoms with E-state index in [1.165, 1.54) is 7.11 Å². The van der Waals surface area contributed by atoms with Crippen LogP contribution >= 0.6 is 0 Å². The zero-order valence-corrected chi connectivity index (χ0v) is 19.6. The van der Waals surface area contributed by atoms with E-state index in [2.05, 4.69) is 10.5 Å². The second-order valence-corrected chi connectivity index (χ2v) is 8.73. The molecule has 6 rings (SSSR count). The van der Waals surface area contributed by atoms with Gasteiger partial charge in [0.25, 0.3) is 11.5 Å². The van der Waals surface area contributed by atoms with Crippen molar-refractivity contribution in [2.75, 3.05) is 19.5 Å². The number of anilines is 1. The van der Waals surface area contributed by atoms with Gasteiger partial charge in [0.2, 0.25) is 0 Å². The van der Waals surface area contributed by atoms with Crippen LogP contribution in [-0.2, 0) is 15.2 Å². The molecule has 7 heteroatoms. The minimum absolute atomic E-state index is 0.265. The number of ketones is 1. The Balaban J connectivity index is 1.53. The number of oxime groups is 1. The first-order valence-electron chi connectivity index (χ1n) is 11.5. The van der Waals surface area contributed by atoms with Gasteiger partial charge in [-0.15, -0.1) is 0 Å². The number of para-hydroxylation sites is 1. The Kier molecular flexibility index (Phi) is 5.00. The second kappa shape index (κ2) is 8.23. The summed E-state index contributed by atoms with van der Waals surface area (Å²) in [5.74, 6) is -0.704. The van der Waals surface area contributed by atoms with Crippen molar-refractivity contribution < 1.29 is 23.9 Å². The van der Waals surface area contributed by atoms with Crippen molar-refractivity contribution in [3.63, 3.8) is 0 Å². The molecule has 0 saturated carbocycles. The molecule has 7 nitrogen and oxygen atoms in total. The molecule has 0 aliphatic carbocycles. The number of carbonyl (C=O) groups is 2. The zero-order valence-electron chi connectivity index (χ0n) is 19.6. The molecular formula is C29H22N2O5. The number of rotatable bonds is 5. The van der Waals surface area contributed by atoms with E-state index in [0.29, 0.717) is 39.6 Å². The first-order chi connectivity index (χ1) is 17.6. The highest BCUT2D eigenvalue weighted by Crippen LogP contribution is 2.50. The van der Waals surface area contributed by atoms with Gasteiger partial charge >= 0.3 is 0 Å². The molecule has 2 atom stereocenters. The number of ether oxygens (including phenoxy) is 2. The fourth-order valence-electron chi connectivity index (χ4n) is 5.08. The van der Waals surface area contributed by atoms with Gasteiger partial charge in [0.05, 0.1) is 14.2 Å². The minimum atomic E-state index is -1.62. The van der Waals surface area contributed by atoms with Crippen molar-refractivity contribution in [1.29, 1.82) is 0 Å². The first-order valence-corrected chi connectivity index (χ1v) is 11.5. The zero-order chi connectivity index (χ0) is 24.9. The summed E-state index contributed by atoms with van der Waals surface area (Å²) in [6, 6.07) is 25.8. The van der Waals surface area contributed by atoms with Gasteiger partial charge < -0.3 is 19.6 Å². The second-order valence-electron chi connectivity index (χ2n) is 8.73. The van der Waals surface area contributed by atoms with E-state index in [1.807, 2.05) is 48.5 Å². The number of amides is 1. The maximum atomic E-state index is 14.3. The number of methoxy groups -OCH3 is 2. The SMILES string of the molecule is COc1ccc(C2=NO[C@@]3(C(=O)Nc4ccccc43)[C@H]2C(=O)c2ccc3ccccc3c2)cc1OC. The summed E-state index contributed by atoms with van der Waals surface area (Å²) in [4.78, 5) is 33.7. The van der Waals surface area contributed by atoms with Crippen LogP contribution in [0.1, 0.15) is 21.5 Å². The topological polar surface area (TPSA) is 86.2 Å². The average molecular weight is 479 g/mol. The normalized spacial score (nSPS) is 20.0. The third kappa shape index (κ3) is 3.09. The number of benzene rings is 4. The number of carbonyl (C=O) groups excluding carboxylic acids is 2. The first kappa shape index (κ1) is 21.9. The van der Waals surface area contributed by atoms with E-state index < -0.39 is 17.4 Å². The Morgan fingerprint density at radius 1 is 0.889 bits per heavy atom. The highest BCUT2D eigenvalue weighted by atomic mass is 16.7. The molecule has 178 valence electrons. The monoisotopic (exact) mass is 478 g/mol. The molecule has 2 aliphatic heterocycles. The van der Waals surface area contributed by atoms with Crippen molar-refractivity contribution in [2.24, 2.45) is 11.1 Å². The fourth-order valence-corrected chi connectivity index (χ4v) is 5.08. The highest BCUT2D eigenvalue weighted by molar-refractivity contribution is 6.25. The van der Waals surface area contributed by atoms with Gasteiger partial charge in [-0.1, -0.05) is 59.8 Å². The lowest BCUT2D eigenvalue weighted by molar-refractivity contribution is -0.140. The average Bonchev–Trinajstić information content (AvgIpc) is 3.46. The van der Waals surface area contributed by atoms with E-state index in [-0.39, 0.29) is 5.78 Å². The molecule has 0 saturated heterocycles. The largest absolute Gasteiger partial charge is 0.493 e. The van der Waals surface area contributed by atoms with Crippen LogP contribution in [0, 0.1) is 5.92 Å². The van der Waals surface area contributed by atoms with Crippen molar-refractivity contribution in [2.45, 2.75) is 5.60 Å². The van der Waals surface area contributed by atoms with Crippen LogP contribution in [0.2, 0.25) is 0 Å². The van der Waals surface area contributed by atoms with Gasteiger partial charge in [0.1, 0.15) is 11.6 Å². The third-order valence-electron chi connectivity index (χ3n) is 6.86. The van der Waals surface area contributed by atoms with Gasteiger partial charge in [-0.2, -0.15) is 0 Å². The van der Waals surface area contributed by atoms with Crippen molar-refractivity contribution in [1.82, 2.24) is 0 Å². The van der Waals surface area contributed by atoms with Crippen LogP contribution in [0.25, 0.3) is 10.8 Å². The molecule has 4 aromatic rings. The molecule has 4 aromatic carbocycles. The van der Waals surface area contributed by atoms with Crippen LogP contribution in [0.4, 0.5) is 5.69 Å². The fraction of sp³-hybridized carbons (Fsp3) is 0.138. The number of nitrogens with zero attached hydrogens (tertiary/aromatic N) is 1. The quantitative estimate of drug-likeness (QED) is 0.411. The third-order valence-corrected chi connectivity index (χ3v) is 6.86. The molecule has 2 heterocycles. The van der Waals surface area contributed by atoms with Crippen molar-refractivity contribution >= 4 is 33.9 Å². The number of Topliss-reactive ketones (excluding diaryl/α,β-unsaturated/α-hetero) is 1. The predicted octanol–water partition coefficient (Wildman–Crippen LogP) is 4.94. The Hall–Kier alpha value is -4.65. The molecule has 1 spiro atoms. The minimum Gasteiger partial charge on any atom is -0.493 e. The summed E-state index contributed by atoms with van der Waals surface area (Å²) < 4.78 is 10.8. The Labute approximate surface area is 207 Å². The summed E-state index contributed by atoms with van der Waals surface area (Å²) in [5.41, 5.74) is 0.966. The van der Waals surface area contributed by atoms with Gasteiger partial charge in [0, 0.05) is 22.4 Å². The molecule has 1 N–H and O–H groups in total. The van der Waals surface area contributed by atoms with E-state index in [4.69, 9.17) is 14.3 Å². The van der Waals surface area contributed by atoms with Gasteiger partial charge in [0.15, 0.2) is 17.3 Å². The maximum absolute atomic E-state index is 14.3. The molecule has 0 fully saturated rings. The standard InChI is InChI=1S/C29H22N2O5/c1-34-23-14-13-19(16-24(23)35-2)26-25(27(32)20-12-11-17-7-3-4-8-18(17)15-20)29(36-31-26)21-9-5-6-10-22(21)30-28(29)33/h3-16,25H,1-2H3,(H,30,33)/t25-,29-/m1/s1. The van der Waals surface area contributed by atoms with E-state index in [9.17, 15) is 9.59 Å². The predicted molar refractivity (Wildman–Crippen MR) is 136 cm³/mol. The van der Waals surface area contributed by atoms with E-state index >= 15 is 0 Å². The maximum Gasteiger partial charge on any atom is 0.277 e. The Bertz CT molecular complexity index is 1580. The van der Waals surface area contributed by atoms with Crippen LogP contribution in [0.15, 0.2) is 90.1 Å². The summed E-state index contributed by atoms with van der Waals surface area (Å²) in [5, 5.41) is 9.17. The van der Waals surface area contributed by atoms with Crippen LogP contribution in [0.3, 0.4) is 0 Å². The lowest BCUT2D eigenvalue weighted by Crippen LogP contribution is -2.46. The molecule has 36 heavy (non-hydrogen) atoms. The number of nitrogens with one attached hydrogen (secondary N) is 1. The number of hydrogen-bond acceptors (Lipinski definition) is 6. The molecule has 1 amide bonds. The summed E-state index contributed by atoms with van der Waals surface area (Å²) in [7, 11) is 3.09. The Morgan fingerprint density at radius 2 is 1.64 bits per heavy atom. The number of fused-ring (bicyclic) bond motifs is 3. The summed E-state index contributed by atoms with van der Waals surface area (Å²) >= 11 is 0. The molecule has 0 aromatic heterocycles. The smallest absolute Gasteiger partial charge is 0.277 e. The molecule has 2 aliphatic rings. The highest BCUT2D eigenvalue weighted by Gasteiger charge is 2.63. The van der Waals surface area contributed by atoms with Crippen LogP contribution in [0.5, 0.6) is 11.5 Å². The van der Waals surface area contributed by atoms with E-state index in [0.717, 1.165) is 10.8 Å². The van der Waals surface area contributed by atoms with Crippen molar-refractivity contribution in [3.8, 4) is 11.5 Å². The molecular weight excluding hydrogens is 456 g/mol.